The normalized spacial score (nSPS) is 37.4. The number of esters is 1. The number of rotatable bonds is 18. The van der Waals surface area contributed by atoms with Gasteiger partial charge in [-0.3, -0.25) is 9.59 Å². The summed E-state index contributed by atoms with van der Waals surface area (Å²) < 4.78 is 52.6. The lowest BCUT2D eigenvalue weighted by Gasteiger charge is -2.49. The summed E-state index contributed by atoms with van der Waals surface area (Å²) in [6, 6.07) is 16.4. The van der Waals surface area contributed by atoms with Crippen molar-refractivity contribution < 1.29 is 67.9 Å². The van der Waals surface area contributed by atoms with E-state index in [1.807, 2.05) is 63.0 Å². The van der Waals surface area contributed by atoms with E-state index in [0.29, 0.717) is 26.0 Å². The lowest BCUT2D eigenvalue weighted by Crippen LogP contribution is -2.59. The number of hydrogen-bond donors (Lipinski definition) is 4. The van der Waals surface area contributed by atoms with Gasteiger partial charge in [0.2, 0.25) is 0 Å². The third kappa shape index (κ3) is 14.0. The topological polar surface area (TPSA) is 226 Å². The first-order chi connectivity index (χ1) is 37.4. The van der Waals surface area contributed by atoms with Crippen LogP contribution in [0.3, 0.4) is 0 Å². The summed E-state index contributed by atoms with van der Waals surface area (Å²) in [5.41, 5.74) is 0.248. The minimum Gasteiger partial charge on any atom is -0.494 e. The van der Waals surface area contributed by atoms with Gasteiger partial charge in [-0.2, -0.15) is 0 Å². The maximum atomic E-state index is 14.5. The fourth-order valence-electron chi connectivity index (χ4n) is 12.9. The molecule has 19 nitrogen and oxygen atoms in total. The van der Waals surface area contributed by atoms with E-state index in [2.05, 4.69) is 51.3 Å². The van der Waals surface area contributed by atoms with Crippen molar-refractivity contribution in [1.82, 2.24) is 19.9 Å². The molecule has 1 aromatic heterocycles. The molecule has 2 aromatic carbocycles. The second-order valence-electron chi connectivity index (χ2n) is 24.0. The minimum absolute atomic E-state index is 0.0573. The Hall–Kier alpha value is -4.12. The molecule has 4 aliphatic rings. The molecule has 0 aliphatic carbocycles. The number of aliphatic hydroxyl groups excluding tert-OH is 3. The van der Waals surface area contributed by atoms with Gasteiger partial charge in [-0.25, -0.2) is 4.68 Å². The number of ether oxygens (including phenoxy) is 8. The third-order valence-electron chi connectivity index (χ3n) is 18.2. The molecule has 0 saturated carbocycles. The molecule has 19 heteroatoms. The zero-order valence-corrected chi connectivity index (χ0v) is 49.3. The molecule has 3 aromatic rings. The van der Waals surface area contributed by atoms with Crippen LogP contribution in [-0.4, -0.2) is 184 Å². The van der Waals surface area contributed by atoms with Gasteiger partial charge in [-0.1, -0.05) is 51.1 Å². The van der Waals surface area contributed by atoms with E-state index in [9.17, 15) is 30.0 Å². The first-order valence-electron chi connectivity index (χ1n) is 28.7. The summed E-state index contributed by atoms with van der Waals surface area (Å²) in [5, 5.41) is 55.5. The molecule has 19 atom stereocenters. The number of carbonyl (C=O) groups is 2. The lowest BCUT2D eigenvalue weighted by atomic mass is 9.70. The summed E-state index contributed by atoms with van der Waals surface area (Å²) in [4.78, 5) is 33.3. The molecule has 79 heavy (non-hydrogen) atoms. The quantitative estimate of drug-likeness (QED) is 0.0817. The number of ketones is 1. The van der Waals surface area contributed by atoms with Crippen LogP contribution in [0.1, 0.15) is 114 Å². The number of hydrogen-bond acceptors (Lipinski definition) is 18. The molecule has 3 saturated heterocycles. The number of anilines is 1. The van der Waals surface area contributed by atoms with E-state index in [4.69, 9.17) is 37.9 Å². The van der Waals surface area contributed by atoms with Crippen molar-refractivity contribution in [2.45, 2.75) is 205 Å². The Morgan fingerprint density at radius 3 is 2.28 bits per heavy atom. The fourth-order valence-corrected chi connectivity index (χ4v) is 12.9. The molecule has 4 aliphatic heterocycles. The van der Waals surface area contributed by atoms with Gasteiger partial charge in [0, 0.05) is 74.8 Å². The van der Waals surface area contributed by atoms with Gasteiger partial charge >= 0.3 is 5.97 Å². The van der Waals surface area contributed by atoms with Crippen molar-refractivity contribution in [2.75, 3.05) is 52.5 Å². The Bertz CT molecular complexity index is 2450. The van der Waals surface area contributed by atoms with Gasteiger partial charge in [-0.05, 0) is 129 Å². The third-order valence-corrected chi connectivity index (χ3v) is 18.2. The number of aliphatic hydroxyl groups is 4. The second-order valence-corrected chi connectivity index (χ2v) is 24.0. The number of para-hydroxylation sites is 1. The number of Topliss-reactive ketones (excluding diaryl/α,β-unsaturated/α-hetero) is 1. The Morgan fingerprint density at radius 1 is 0.899 bits per heavy atom. The van der Waals surface area contributed by atoms with E-state index in [1.54, 1.807) is 48.7 Å². The Morgan fingerprint density at radius 2 is 1.59 bits per heavy atom. The summed E-state index contributed by atoms with van der Waals surface area (Å²) in [6.07, 6.45) is -4.03. The van der Waals surface area contributed by atoms with Crippen LogP contribution < -0.4 is 9.64 Å². The number of cyclic esters (lactones) is 1. The van der Waals surface area contributed by atoms with Crippen LogP contribution in [0.5, 0.6) is 5.75 Å². The lowest BCUT2D eigenvalue weighted by molar-refractivity contribution is -0.301. The highest BCUT2D eigenvalue weighted by Crippen LogP contribution is 2.43. The number of benzene rings is 2. The maximum Gasteiger partial charge on any atom is 0.311 e. The molecule has 0 radical (unpaired) electrons. The Balaban J connectivity index is 1.02. The van der Waals surface area contributed by atoms with Crippen LogP contribution in [0.4, 0.5) is 5.69 Å². The predicted octanol–water partition coefficient (Wildman–Crippen LogP) is 6.24. The molecular formula is C60H93N5O14. The van der Waals surface area contributed by atoms with E-state index >= 15 is 0 Å². The summed E-state index contributed by atoms with van der Waals surface area (Å²) in [5.74, 6) is -4.22. The first-order valence-corrected chi connectivity index (χ1v) is 28.7. The molecule has 0 bridgehead atoms. The summed E-state index contributed by atoms with van der Waals surface area (Å²) >= 11 is 0. The highest BCUT2D eigenvalue weighted by Gasteiger charge is 2.53. The van der Waals surface area contributed by atoms with Gasteiger partial charge < -0.3 is 68.1 Å². The van der Waals surface area contributed by atoms with Crippen molar-refractivity contribution in [3.63, 3.8) is 0 Å². The average Bonchev–Trinajstić information content (AvgIpc) is 4.16. The van der Waals surface area contributed by atoms with Crippen LogP contribution >= 0.6 is 0 Å². The SMILES string of the molecule is CC[C@H]1OC(=O)[C@H](C)[C@@H](OC2C[C@@](C)(OC)[C@@H](O)[C@H](C)O2)[C@H](C)[C@@H](CO[C@@H]2O[C@H](C)CC(N(C)CCCOc3ccc(-c4cn(C[C@@H](C)N5CCc6ccccc65)nn4)cc3)[C@H]2O)[C@](C)(OC)C[C@@H](C)C(=O)[C@H](C)[C@@H](O)[C@]1(C)O. The molecule has 5 heterocycles. The van der Waals surface area contributed by atoms with E-state index in [0.717, 1.165) is 36.5 Å². The molecule has 4 N–H and O–H groups in total. The van der Waals surface area contributed by atoms with E-state index in [1.165, 1.54) is 25.3 Å². The number of fused-ring (bicyclic) bond motifs is 1. The highest BCUT2D eigenvalue weighted by atomic mass is 16.7. The minimum atomic E-state index is -1.98. The maximum absolute atomic E-state index is 14.5. The smallest absolute Gasteiger partial charge is 0.311 e. The number of nitrogens with zero attached hydrogens (tertiary/aromatic N) is 5. The van der Waals surface area contributed by atoms with E-state index in [-0.39, 0.29) is 49.8 Å². The largest absolute Gasteiger partial charge is 0.494 e. The summed E-state index contributed by atoms with van der Waals surface area (Å²) in [7, 11) is 5.05. The van der Waals surface area contributed by atoms with Crippen molar-refractivity contribution in [3.05, 3.63) is 60.3 Å². The van der Waals surface area contributed by atoms with Crippen molar-refractivity contribution in [1.29, 1.82) is 0 Å². The standard InChI is InChI=1S/C60H93N5O14/c1-15-49-60(11,71)54(68)39(6)51(66)35(2)30-58(9,72-13)45(38(5)53(40(7)56(70)78-49)79-50-31-59(10,73-14)55(69)41(8)77-50)34-75-57-52(67)48(29-37(4)76-57)63(12)26-18-28-74-44-23-21-42(22-24-44)46-33-64(62-61-46)32-36(3)65-27-25-43-19-16-17-20-47(43)65/h16-17,19-24,33,35-41,45,48-50,52-55,57,67-69,71H,15,18,25-32,34H2,1-14H3/t35-,36-,37-,38-,39+,40-,41+,45-,48?,49-,50?,52-,53+,54-,55+,57-,58-,59-,60-/m1/s1. The first kappa shape index (κ1) is 62.5. The molecule has 2 unspecified atom stereocenters. The zero-order chi connectivity index (χ0) is 57.7. The molecule has 0 spiro atoms. The fraction of sp³-hybridized carbons (Fsp3) is 0.733. The van der Waals surface area contributed by atoms with Crippen LogP contribution in [-0.2, 0) is 55.7 Å². The molecule has 442 valence electrons. The number of likely N-dealkylation sites (N-methyl/N-ethyl adjacent to an activating group) is 1. The van der Waals surface area contributed by atoms with Gasteiger partial charge in [0.15, 0.2) is 12.6 Å². The van der Waals surface area contributed by atoms with E-state index < -0.39 is 102 Å². The van der Waals surface area contributed by atoms with Gasteiger partial charge in [-0.15, -0.1) is 5.10 Å². The van der Waals surface area contributed by atoms with Crippen molar-refractivity contribution >= 4 is 17.4 Å². The van der Waals surface area contributed by atoms with Crippen molar-refractivity contribution in [2.24, 2.45) is 29.6 Å². The summed E-state index contributed by atoms with van der Waals surface area (Å²) in [6.45, 7) is 22.4. The van der Waals surface area contributed by atoms with Crippen LogP contribution in [0.25, 0.3) is 11.3 Å². The molecular weight excluding hydrogens is 1010 g/mol. The Kier molecular flexibility index (Phi) is 20.9. The average molecular weight is 1110 g/mol. The highest BCUT2D eigenvalue weighted by molar-refractivity contribution is 5.83. The predicted molar refractivity (Wildman–Crippen MR) is 297 cm³/mol. The number of methoxy groups -OCH3 is 2. The van der Waals surface area contributed by atoms with Gasteiger partial charge in [0.05, 0.1) is 67.5 Å². The molecule has 3 fully saturated rings. The molecule has 0 amide bonds. The van der Waals surface area contributed by atoms with Crippen LogP contribution in [0.2, 0.25) is 0 Å². The van der Waals surface area contributed by atoms with Gasteiger partial charge in [0.25, 0.3) is 0 Å². The van der Waals surface area contributed by atoms with Gasteiger partial charge in [0.1, 0.15) is 41.1 Å². The van der Waals surface area contributed by atoms with Crippen LogP contribution in [0, 0.1) is 29.6 Å². The number of aromatic nitrogens is 3. The van der Waals surface area contributed by atoms with Crippen molar-refractivity contribution in [3.8, 4) is 17.0 Å². The molecule has 7 rings (SSSR count). The monoisotopic (exact) mass is 1110 g/mol. The van der Waals surface area contributed by atoms with Crippen LogP contribution in [0.15, 0.2) is 54.7 Å². The zero-order valence-electron chi connectivity index (χ0n) is 49.3. The second kappa shape index (κ2) is 26.4. The Labute approximate surface area is 468 Å². The number of carbonyl (C=O) groups excluding carboxylic acids is 2.